The molecule has 4 heteroatoms. The van der Waals surface area contributed by atoms with E-state index in [9.17, 15) is 4.39 Å². The second kappa shape index (κ2) is 5.90. The summed E-state index contributed by atoms with van der Waals surface area (Å²) in [6, 6.07) is 4.90. The summed E-state index contributed by atoms with van der Waals surface area (Å²) in [5.74, 6) is 0.160. The topological polar surface area (TPSA) is 50.4 Å². The van der Waals surface area contributed by atoms with E-state index in [0.29, 0.717) is 24.6 Å². The first-order chi connectivity index (χ1) is 7.63. The molecule has 0 atom stereocenters. The highest BCUT2D eigenvalue weighted by Gasteiger charge is 1.98. The minimum absolute atomic E-state index is 0.203. The predicted molar refractivity (Wildman–Crippen MR) is 64.7 cm³/mol. The molecule has 0 aromatic heterocycles. The quantitative estimate of drug-likeness (QED) is 0.462. The Hall–Kier alpha value is -1.84. The van der Waals surface area contributed by atoms with Crippen LogP contribution in [0, 0.1) is 12.7 Å². The van der Waals surface area contributed by atoms with Crippen LogP contribution in [-0.4, -0.2) is 12.5 Å². The third kappa shape index (κ3) is 3.73. The average molecular weight is 221 g/mol. The van der Waals surface area contributed by atoms with Crippen molar-refractivity contribution in [2.45, 2.75) is 13.5 Å². The lowest BCUT2D eigenvalue weighted by molar-refractivity contribution is 0.617. The molecule has 1 aromatic rings. The van der Waals surface area contributed by atoms with E-state index in [-0.39, 0.29) is 5.82 Å². The van der Waals surface area contributed by atoms with Crippen LogP contribution in [0.3, 0.4) is 0 Å². The first kappa shape index (κ1) is 12.2. The van der Waals surface area contributed by atoms with Gasteiger partial charge >= 0.3 is 0 Å². The van der Waals surface area contributed by atoms with Gasteiger partial charge in [0, 0.05) is 6.54 Å². The van der Waals surface area contributed by atoms with Crippen LogP contribution in [0.4, 0.5) is 4.39 Å². The fraction of sp³-hybridized carbons (Fsp3) is 0.250. The average Bonchev–Trinajstić information content (AvgIpc) is 2.28. The van der Waals surface area contributed by atoms with E-state index >= 15 is 0 Å². The van der Waals surface area contributed by atoms with Gasteiger partial charge in [0.25, 0.3) is 0 Å². The first-order valence-corrected chi connectivity index (χ1v) is 5.03. The molecular formula is C12H16FN3. The van der Waals surface area contributed by atoms with Gasteiger partial charge in [-0.25, -0.2) is 9.38 Å². The maximum absolute atomic E-state index is 13.0. The van der Waals surface area contributed by atoms with Gasteiger partial charge in [-0.05, 0) is 24.1 Å². The van der Waals surface area contributed by atoms with E-state index in [1.165, 1.54) is 6.07 Å². The molecule has 0 spiro atoms. The van der Waals surface area contributed by atoms with Crippen LogP contribution in [-0.2, 0) is 6.54 Å². The van der Waals surface area contributed by atoms with E-state index in [4.69, 9.17) is 5.73 Å². The van der Waals surface area contributed by atoms with E-state index in [1.54, 1.807) is 25.1 Å². The van der Waals surface area contributed by atoms with Gasteiger partial charge in [-0.2, -0.15) is 0 Å². The predicted octanol–water partition coefficient (Wildman–Crippen LogP) is 1.72. The number of hydrogen-bond acceptors (Lipinski definition) is 1. The van der Waals surface area contributed by atoms with Gasteiger partial charge in [-0.3, -0.25) is 0 Å². The van der Waals surface area contributed by atoms with Gasteiger partial charge in [-0.15, -0.1) is 6.58 Å². The Morgan fingerprint density at radius 1 is 1.62 bits per heavy atom. The minimum Gasteiger partial charge on any atom is -0.370 e. The number of aryl methyl sites for hydroxylation is 1. The summed E-state index contributed by atoms with van der Waals surface area (Å²) >= 11 is 0. The Morgan fingerprint density at radius 3 is 3.00 bits per heavy atom. The molecule has 0 aliphatic rings. The molecule has 3 nitrogen and oxygen atoms in total. The molecule has 0 saturated carbocycles. The van der Waals surface area contributed by atoms with Crippen LogP contribution < -0.4 is 11.1 Å². The highest BCUT2D eigenvalue weighted by molar-refractivity contribution is 5.77. The zero-order valence-corrected chi connectivity index (χ0v) is 9.33. The maximum Gasteiger partial charge on any atom is 0.189 e. The van der Waals surface area contributed by atoms with Crippen LogP contribution in [0.5, 0.6) is 0 Å². The van der Waals surface area contributed by atoms with Crippen molar-refractivity contribution < 1.29 is 4.39 Å². The number of aliphatic imine (C=N–C) groups is 1. The lowest BCUT2D eigenvalue weighted by atomic mass is 10.1. The van der Waals surface area contributed by atoms with E-state index in [1.807, 2.05) is 0 Å². The van der Waals surface area contributed by atoms with Crippen molar-refractivity contribution in [3.05, 3.63) is 47.8 Å². The third-order valence-corrected chi connectivity index (χ3v) is 2.08. The summed E-state index contributed by atoms with van der Waals surface area (Å²) in [6.07, 6.45) is 1.70. The van der Waals surface area contributed by atoms with Gasteiger partial charge in [0.1, 0.15) is 5.82 Å². The van der Waals surface area contributed by atoms with Crippen molar-refractivity contribution in [1.29, 1.82) is 0 Å². The number of nitrogens with two attached hydrogens (primary N) is 1. The van der Waals surface area contributed by atoms with Gasteiger partial charge in [0.2, 0.25) is 0 Å². The van der Waals surface area contributed by atoms with Gasteiger partial charge in [0.05, 0.1) is 6.54 Å². The zero-order valence-electron chi connectivity index (χ0n) is 9.33. The SMILES string of the molecule is C=CCNC(N)=NCc1ccc(F)c(C)c1. The van der Waals surface area contributed by atoms with Crippen molar-refractivity contribution in [2.24, 2.45) is 10.7 Å². The Morgan fingerprint density at radius 2 is 2.38 bits per heavy atom. The standard InChI is InChI=1S/C12H16FN3/c1-3-6-15-12(14)16-8-10-4-5-11(13)9(2)7-10/h3-5,7H,1,6,8H2,2H3,(H3,14,15,16). The summed E-state index contributed by atoms with van der Waals surface area (Å²) in [7, 11) is 0. The fourth-order valence-electron chi connectivity index (χ4n) is 1.21. The Kier molecular flexibility index (Phi) is 4.51. The lowest BCUT2D eigenvalue weighted by Gasteiger charge is -2.03. The van der Waals surface area contributed by atoms with Crippen molar-refractivity contribution in [3.63, 3.8) is 0 Å². The molecule has 0 unspecified atom stereocenters. The highest BCUT2D eigenvalue weighted by Crippen LogP contribution is 2.09. The van der Waals surface area contributed by atoms with Crippen LogP contribution in [0.25, 0.3) is 0 Å². The molecule has 16 heavy (non-hydrogen) atoms. The summed E-state index contributed by atoms with van der Waals surface area (Å²) in [5.41, 5.74) is 7.14. The van der Waals surface area contributed by atoms with Crippen molar-refractivity contribution in [2.75, 3.05) is 6.54 Å². The van der Waals surface area contributed by atoms with Crippen LogP contribution in [0.1, 0.15) is 11.1 Å². The second-order valence-corrected chi connectivity index (χ2v) is 3.45. The number of nitrogens with zero attached hydrogens (tertiary/aromatic N) is 1. The molecule has 0 aliphatic heterocycles. The highest BCUT2D eigenvalue weighted by atomic mass is 19.1. The van der Waals surface area contributed by atoms with E-state index < -0.39 is 0 Å². The second-order valence-electron chi connectivity index (χ2n) is 3.45. The molecule has 0 bridgehead atoms. The van der Waals surface area contributed by atoms with E-state index in [2.05, 4.69) is 16.9 Å². The summed E-state index contributed by atoms with van der Waals surface area (Å²) in [5, 5.41) is 2.86. The molecule has 1 rings (SSSR count). The van der Waals surface area contributed by atoms with Gasteiger partial charge in [0.15, 0.2) is 5.96 Å². The van der Waals surface area contributed by atoms with Crippen molar-refractivity contribution in [3.8, 4) is 0 Å². The number of rotatable bonds is 4. The molecule has 0 fully saturated rings. The van der Waals surface area contributed by atoms with Crippen molar-refractivity contribution >= 4 is 5.96 Å². The fourth-order valence-corrected chi connectivity index (χ4v) is 1.21. The summed E-state index contributed by atoms with van der Waals surface area (Å²) < 4.78 is 13.0. The lowest BCUT2D eigenvalue weighted by Crippen LogP contribution is -2.31. The molecule has 0 aliphatic carbocycles. The molecular weight excluding hydrogens is 205 g/mol. The molecule has 0 heterocycles. The third-order valence-electron chi connectivity index (χ3n) is 2.08. The molecule has 1 aromatic carbocycles. The summed E-state index contributed by atoms with van der Waals surface area (Å²) in [4.78, 5) is 4.12. The molecule has 0 saturated heterocycles. The maximum atomic E-state index is 13.0. The monoisotopic (exact) mass is 221 g/mol. The number of hydrogen-bond donors (Lipinski definition) is 2. The van der Waals surface area contributed by atoms with Crippen LogP contribution in [0.15, 0.2) is 35.8 Å². The largest absolute Gasteiger partial charge is 0.370 e. The number of halogens is 1. The number of guanidine groups is 1. The first-order valence-electron chi connectivity index (χ1n) is 5.03. The Bertz CT molecular complexity index is 399. The molecule has 0 amide bonds. The Labute approximate surface area is 94.9 Å². The molecule has 3 N–H and O–H groups in total. The number of benzene rings is 1. The van der Waals surface area contributed by atoms with Gasteiger partial charge in [-0.1, -0.05) is 18.2 Å². The molecule has 0 radical (unpaired) electrons. The number of nitrogens with one attached hydrogen (secondary N) is 1. The van der Waals surface area contributed by atoms with E-state index in [0.717, 1.165) is 5.56 Å². The van der Waals surface area contributed by atoms with Gasteiger partial charge < -0.3 is 11.1 Å². The smallest absolute Gasteiger partial charge is 0.189 e. The van der Waals surface area contributed by atoms with Crippen LogP contribution >= 0.6 is 0 Å². The van der Waals surface area contributed by atoms with Crippen molar-refractivity contribution in [1.82, 2.24) is 5.32 Å². The summed E-state index contributed by atoms with van der Waals surface area (Å²) in [6.45, 7) is 6.30. The minimum atomic E-state index is -0.203. The normalized spacial score (nSPS) is 11.2. The Balaban J connectivity index is 2.59. The van der Waals surface area contributed by atoms with Crippen LogP contribution in [0.2, 0.25) is 0 Å². The zero-order chi connectivity index (χ0) is 12.0. The molecule has 86 valence electrons.